The molecule has 0 saturated carbocycles. The van der Waals surface area contributed by atoms with Crippen molar-refractivity contribution in [2.75, 3.05) is 5.32 Å². The fourth-order valence-corrected chi connectivity index (χ4v) is 3.17. The highest BCUT2D eigenvalue weighted by molar-refractivity contribution is 6.33. The van der Waals surface area contributed by atoms with Crippen molar-refractivity contribution in [1.29, 1.82) is 0 Å². The highest BCUT2D eigenvalue weighted by Crippen LogP contribution is 2.33. The van der Waals surface area contributed by atoms with Gasteiger partial charge in [-0.25, -0.2) is 8.78 Å². The number of carbonyl (C=O) groups is 1. The summed E-state index contributed by atoms with van der Waals surface area (Å²) in [6, 6.07) is 8.38. The van der Waals surface area contributed by atoms with E-state index in [0.717, 1.165) is 18.9 Å². The van der Waals surface area contributed by atoms with Crippen LogP contribution in [0.15, 0.2) is 36.4 Å². The molecular weight excluding hydrogens is 334 g/mol. The third-order valence-electron chi connectivity index (χ3n) is 4.17. The lowest BCUT2D eigenvalue weighted by atomic mass is 10.0. The minimum absolute atomic E-state index is 0.0826. The van der Waals surface area contributed by atoms with Crippen LogP contribution in [0.2, 0.25) is 5.02 Å². The third kappa shape index (κ3) is 3.42. The molecule has 24 heavy (non-hydrogen) atoms. The van der Waals surface area contributed by atoms with Crippen LogP contribution in [-0.4, -0.2) is 18.0 Å². The molecule has 2 atom stereocenters. The molecule has 3 rings (SSSR count). The summed E-state index contributed by atoms with van der Waals surface area (Å²) in [6.07, 6.45) is 1.63. The summed E-state index contributed by atoms with van der Waals surface area (Å²) in [5, 5.41) is 5.89. The van der Waals surface area contributed by atoms with Crippen LogP contribution in [0, 0.1) is 11.6 Å². The molecule has 3 nitrogen and oxygen atoms in total. The number of hydrogen-bond acceptors (Lipinski definition) is 2. The quantitative estimate of drug-likeness (QED) is 0.863. The second-order valence-corrected chi connectivity index (χ2v) is 6.39. The Hall–Kier alpha value is -1.98. The van der Waals surface area contributed by atoms with E-state index in [-0.39, 0.29) is 34.3 Å². The first kappa shape index (κ1) is 16.9. The number of anilines is 1. The maximum atomic E-state index is 14.8. The smallest absolute Gasteiger partial charge is 0.241 e. The second kappa shape index (κ2) is 6.87. The number of halogens is 3. The number of hydrogen-bond donors (Lipinski definition) is 2. The SMILES string of the molecule is C[C@@H]1CC[C@@H](C(=O)Nc2cccc(-c3ccc(F)cc3Cl)c2F)N1. The zero-order valence-corrected chi connectivity index (χ0v) is 13.8. The number of rotatable bonds is 3. The largest absolute Gasteiger partial charge is 0.322 e. The van der Waals surface area contributed by atoms with Gasteiger partial charge in [0.05, 0.1) is 16.8 Å². The van der Waals surface area contributed by atoms with Gasteiger partial charge in [0.2, 0.25) is 5.91 Å². The highest BCUT2D eigenvalue weighted by atomic mass is 35.5. The Balaban J connectivity index is 1.87. The van der Waals surface area contributed by atoms with E-state index in [2.05, 4.69) is 10.6 Å². The molecule has 2 N–H and O–H groups in total. The van der Waals surface area contributed by atoms with Crippen molar-refractivity contribution in [3.05, 3.63) is 53.1 Å². The molecule has 1 fully saturated rings. The van der Waals surface area contributed by atoms with Crippen LogP contribution in [0.5, 0.6) is 0 Å². The average Bonchev–Trinajstić information content (AvgIpc) is 2.97. The maximum Gasteiger partial charge on any atom is 0.241 e. The van der Waals surface area contributed by atoms with Gasteiger partial charge >= 0.3 is 0 Å². The van der Waals surface area contributed by atoms with Gasteiger partial charge < -0.3 is 10.6 Å². The van der Waals surface area contributed by atoms with Gasteiger partial charge in [0.25, 0.3) is 0 Å². The minimum atomic E-state index is -0.592. The molecule has 6 heteroatoms. The van der Waals surface area contributed by atoms with E-state index < -0.39 is 11.6 Å². The first-order valence-electron chi connectivity index (χ1n) is 7.76. The summed E-state index contributed by atoms with van der Waals surface area (Å²) in [4.78, 5) is 12.3. The monoisotopic (exact) mass is 350 g/mol. The summed E-state index contributed by atoms with van der Waals surface area (Å²) >= 11 is 6.01. The molecule has 1 aliphatic rings. The van der Waals surface area contributed by atoms with Gasteiger partial charge in [-0.05, 0) is 44.0 Å². The molecule has 0 radical (unpaired) electrons. The van der Waals surface area contributed by atoms with Crippen LogP contribution < -0.4 is 10.6 Å². The van der Waals surface area contributed by atoms with Crippen LogP contribution in [0.25, 0.3) is 11.1 Å². The van der Waals surface area contributed by atoms with E-state index in [1.54, 1.807) is 12.1 Å². The molecule has 0 bridgehead atoms. The summed E-state index contributed by atoms with van der Waals surface area (Å²) in [5.74, 6) is -1.35. The van der Waals surface area contributed by atoms with Gasteiger partial charge in [-0.1, -0.05) is 23.7 Å². The molecule has 2 aromatic rings. The summed E-state index contributed by atoms with van der Waals surface area (Å²) in [6.45, 7) is 2.00. The Morgan fingerprint density at radius 3 is 2.67 bits per heavy atom. The number of nitrogens with one attached hydrogen (secondary N) is 2. The molecule has 2 aromatic carbocycles. The molecule has 0 spiro atoms. The van der Waals surface area contributed by atoms with E-state index in [9.17, 15) is 13.6 Å². The van der Waals surface area contributed by atoms with Crippen LogP contribution >= 0.6 is 11.6 Å². The van der Waals surface area contributed by atoms with Crippen molar-refractivity contribution < 1.29 is 13.6 Å². The third-order valence-corrected chi connectivity index (χ3v) is 4.48. The topological polar surface area (TPSA) is 41.1 Å². The predicted molar refractivity (Wildman–Crippen MR) is 91.1 cm³/mol. The van der Waals surface area contributed by atoms with Crippen molar-refractivity contribution in [3.63, 3.8) is 0 Å². The van der Waals surface area contributed by atoms with Crippen LogP contribution in [0.1, 0.15) is 19.8 Å². The van der Waals surface area contributed by atoms with Crippen molar-refractivity contribution in [3.8, 4) is 11.1 Å². The lowest BCUT2D eigenvalue weighted by Crippen LogP contribution is -2.38. The predicted octanol–water partition coefficient (Wildman–Crippen LogP) is 4.36. The zero-order valence-electron chi connectivity index (χ0n) is 13.1. The van der Waals surface area contributed by atoms with Gasteiger partial charge in [0.1, 0.15) is 5.82 Å². The van der Waals surface area contributed by atoms with Crippen molar-refractivity contribution in [1.82, 2.24) is 5.32 Å². The van der Waals surface area contributed by atoms with Crippen LogP contribution in [0.3, 0.4) is 0 Å². The Kier molecular flexibility index (Phi) is 4.83. The molecule has 1 aliphatic heterocycles. The highest BCUT2D eigenvalue weighted by Gasteiger charge is 2.27. The minimum Gasteiger partial charge on any atom is -0.322 e. The van der Waals surface area contributed by atoms with Crippen molar-refractivity contribution in [2.45, 2.75) is 31.8 Å². The molecule has 1 saturated heterocycles. The molecule has 0 aliphatic carbocycles. The summed E-state index contributed by atoms with van der Waals surface area (Å²) in [5.41, 5.74) is 0.670. The first-order chi connectivity index (χ1) is 11.5. The van der Waals surface area contributed by atoms with Crippen molar-refractivity contribution >= 4 is 23.2 Å². The summed E-state index contributed by atoms with van der Waals surface area (Å²) in [7, 11) is 0. The lowest BCUT2D eigenvalue weighted by molar-refractivity contribution is -0.117. The average molecular weight is 351 g/mol. The number of carbonyl (C=O) groups excluding carboxylic acids is 1. The van der Waals surface area contributed by atoms with E-state index >= 15 is 0 Å². The van der Waals surface area contributed by atoms with Gasteiger partial charge in [0, 0.05) is 17.2 Å². The van der Waals surface area contributed by atoms with Crippen LogP contribution in [0.4, 0.5) is 14.5 Å². The van der Waals surface area contributed by atoms with Crippen LogP contribution in [-0.2, 0) is 4.79 Å². The van der Waals surface area contributed by atoms with Gasteiger partial charge in [-0.2, -0.15) is 0 Å². The van der Waals surface area contributed by atoms with Gasteiger partial charge in [-0.15, -0.1) is 0 Å². The van der Waals surface area contributed by atoms with Crippen molar-refractivity contribution in [2.24, 2.45) is 0 Å². The number of amides is 1. The van der Waals surface area contributed by atoms with E-state index in [1.807, 2.05) is 6.92 Å². The Morgan fingerprint density at radius 2 is 2.00 bits per heavy atom. The van der Waals surface area contributed by atoms with Gasteiger partial charge in [-0.3, -0.25) is 4.79 Å². The first-order valence-corrected chi connectivity index (χ1v) is 8.14. The fraction of sp³-hybridized carbons (Fsp3) is 0.278. The molecule has 1 amide bonds. The maximum absolute atomic E-state index is 14.8. The fourth-order valence-electron chi connectivity index (χ4n) is 2.90. The normalized spacial score (nSPS) is 20.2. The Labute approximate surface area is 144 Å². The summed E-state index contributed by atoms with van der Waals surface area (Å²) < 4.78 is 28.0. The van der Waals surface area contributed by atoms with E-state index in [4.69, 9.17) is 11.6 Å². The van der Waals surface area contributed by atoms with Gasteiger partial charge in [0.15, 0.2) is 5.82 Å². The molecule has 0 unspecified atom stereocenters. The Morgan fingerprint density at radius 1 is 1.21 bits per heavy atom. The van der Waals surface area contributed by atoms with E-state index in [0.29, 0.717) is 5.56 Å². The molecule has 126 valence electrons. The molecule has 1 heterocycles. The second-order valence-electron chi connectivity index (χ2n) is 5.98. The van der Waals surface area contributed by atoms with E-state index in [1.165, 1.54) is 18.2 Å². The molecule has 0 aromatic heterocycles. The Bertz CT molecular complexity index is 782. The zero-order chi connectivity index (χ0) is 17.3. The lowest BCUT2D eigenvalue weighted by Gasteiger charge is -2.14. The number of benzene rings is 2. The molecular formula is C18H17ClF2N2O. The standard InChI is InChI=1S/C18H17ClF2N2O/c1-10-5-8-16(22-10)18(24)23-15-4-2-3-13(17(15)21)12-7-6-11(20)9-14(12)19/h2-4,6-7,9-10,16,22H,5,8H2,1H3,(H,23,24)/t10-,16+/m1/s1.